The van der Waals surface area contributed by atoms with Crippen molar-refractivity contribution in [2.75, 3.05) is 6.61 Å². The van der Waals surface area contributed by atoms with Crippen LogP contribution in [-0.2, 0) is 6.54 Å². The van der Waals surface area contributed by atoms with Gasteiger partial charge in [-0.15, -0.1) is 0 Å². The van der Waals surface area contributed by atoms with E-state index in [-0.39, 0.29) is 0 Å². The standard InChI is InChI=1S/C17H21NO/c1-2-3-10-19-17-9-5-8-16(12-17)15-7-4-6-14(11-15)13-18/h4-9,11-12H,2-3,10,13,18H2,1H3. The monoisotopic (exact) mass is 255 g/mol. The third-order valence-electron chi connectivity index (χ3n) is 3.10. The fraction of sp³-hybridized carbons (Fsp3) is 0.294. The predicted molar refractivity (Wildman–Crippen MR) is 80.2 cm³/mol. The van der Waals surface area contributed by atoms with Crippen LogP contribution in [-0.4, -0.2) is 6.61 Å². The number of benzene rings is 2. The molecule has 0 saturated heterocycles. The van der Waals surface area contributed by atoms with E-state index >= 15 is 0 Å². The second kappa shape index (κ2) is 6.95. The van der Waals surface area contributed by atoms with Gasteiger partial charge in [-0.1, -0.05) is 43.7 Å². The van der Waals surface area contributed by atoms with Crippen molar-refractivity contribution in [3.8, 4) is 16.9 Å². The lowest BCUT2D eigenvalue weighted by Gasteiger charge is -2.08. The summed E-state index contributed by atoms with van der Waals surface area (Å²) < 4.78 is 5.74. The molecule has 2 aromatic carbocycles. The second-order valence-electron chi connectivity index (χ2n) is 4.63. The first-order valence-corrected chi connectivity index (χ1v) is 6.85. The van der Waals surface area contributed by atoms with Crippen LogP contribution in [0.25, 0.3) is 11.1 Å². The number of hydrogen-bond donors (Lipinski definition) is 1. The molecule has 0 atom stereocenters. The molecule has 100 valence electrons. The number of rotatable bonds is 6. The van der Waals surface area contributed by atoms with Gasteiger partial charge in [0, 0.05) is 6.54 Å². The van der Waals surface area contributed by atoms with Crippen LogP contribution in [0, 0.1) is 0 Å². The first-order chi connectivity index (χ1) is 9.33. The van der Waals surface area contributed by atoms with Gasteiger partial charge in [-0.25, -0.2) is 0 Å². The zero-order chi connectivity index (χ0) is 13.5. The van der Waals surface area contributed by atoms with Gasteiger partial charge in [-0.05, 0) is 41.3 Å². The highest BCUT2D eigenvalue weighted by Gasteiger charge is 2.01. The molecule has 0 saturated carbocycles. The van der Waals surface area contributed by atoms with Crippen LogP contribution in [0.3, 0.4) is 0 Å². The lowest BCUT2D eigenvalue weighted by Crippen LogP contribution is -1.97. The van der Waals surface area contributed by atoms with Gasteiger partial charge in [0.25, 0.3) is 0 Å². The zero-order valence-electron chi connectivity index (χ0n) is 11.4. The Morgan fingerprint density at radius 1 is 1.00 bits per heavy atom. The summed E-state index contributed by atoms with van der Waals surface area (Å²) in [5.74, 6) is 0.934. The van der Waals surface area contributed by atoms with E-state index in [0.29, 0.717) is 6.54 Å². The van der Waals surface area contributed by atoms with Gasteiger partial charge in [0.1, 0.15) is 5.75 Å². The summed E-state index contributed by atoms with van der Waals surface area (Å²) in [6, 6.07) is 16.5. The minimum Gasteiger partial charge on any atom is -0.494 e. The molecule has 2 aromatic rings. The van der Waals surface area contributed by atoms with Gasteiger partial charge in [-0.2, -0.15) is 0 Å². The maximum Gasteiger partial charge on any atom is 0.119 e. The van der Waals surface area contributed by atoms with Crippen molar-refractivity contribution < 1.29 is 4.74 Å². The maximum atomic E-state index is 5.74. The van der Waals surface area contributed by atoms with Crippen molar-refractivity contribution >= 4 is 0 Å². The van der Waals surface area contributed by atoms with Crippen LogP contribution in [0.2, 0.25) is 0 Å². The highest BCUT2D eigenvalue weighted by atomic mass is 16.5. The molecular weight excluding hydrogens is 234 g/mol. The molecule has 0 radical (unpaired) electrons. The number of hydrogen-bond acceptors (Lipinski definition) is 2. The van der Waals surface area contributed by atoms with Gasteiger partial charge in [0.15, 0.2) is 0 Å². The zero-order valence-corrected chi connectivity index (χ0v) is 11.4. The van der Waals surface area contributed by atoms with E-state index in [9.17, 15) is 0 Å². The molecule has 0 aliphatic rings. The van der Waals surface area contributed by atoms with Crippen molar-refractivity contribution in [2.24, 2.45) is 5.73 Å². The Hall–Kier alpha value is -1.80. The third-order valence-corrected chi connectivity index (χ3v) is 3.10. The van der Waals surface area contributed by atoms with Crippen LogP contribution in [0.1, 0.15) is 25.3 Å². The van der Waals surface area contributed by atoms with E-state index < -0.39 is 0 Å². The van der Waals surface area contributed by atoms with Gasteiger partial charge in [0.05, 0.1) is 6.61 Å². The summed E-state index contributed by atoms with van der Waals surface area (Å²) in [5.41, 5.74) is 9.19. The molecule has 0 amide bonds. The molecule has 0 aromatic heterocycles. The van der Waals surface area contributed by atoms with Crippen LogP contribution in [0.4, 0.5) is 0 Å². The lowest BCUT2D eigenvalue weighted by atomic mass is 10.0. The molecule has 0 unspecified atom stereocenters. The Morgan fingerprint density at radius 2 is 1.74 bits per heavy atom. The first-order valence-electron chi connectivity index (χ1n) is 6.85. The number of unbranched alkanes of at least 4 members (excludes halogenated alkanes) is 1. The summed E-state index contributed by atoms with van der Waals surface area (Å²) in [4.78, 5) is 0. The van der Waals surface area contributed by atoms with Crippen molar-refractivity contribution in [3.05, 3.63) is 54.1 Å². The van der Waals surface area contributed by atoms with E-state index in [4.69, 9.17) is 10.5 Å². The molecule has 0 aliphatic heterocycles. The Labute approximate surface area is 115 Å². The van der Waals surface area contributed by atoms with Crippen molar-refractivity contribution in [1.29, 1.82) is 0 Å². The van der Waals surface area contributed by atoms with Crippen LogP contribution in [0.15, 0.2) is 48.5 Å². The van der Waals surface area contributed by atoms with Gasteiger partial charge in [-0.3, -0.25) is 0 Å². The van der Waals surface area contributed by atoms with Gasteiger partial charge in [0.2, 0.25) is 0 Å². The quantitative estimate of drug-likeness (QED) is 0.792. The SMILES string of the molecule is CCCCOc1cccc(-c2cccc(CN)c2)c1. The fourth-order valence-corrected chi connectivity index (χ4v) is 1.98. The minimum atomic E-state index is 0.570. The van der Waals surface area contributed by atoms with Gasteiger partial charge >= 0.3 is 0 Å². The smallest absolute Gasteiger partial charge is 0.119 e. The highest BCUT2D eigenvalue weighted by molar-refractivity contribution is 5.65. The summed E-state index contributed by atoms with van der Waals surface area (Å²) in [5, 5.41) is 0. The molecule has 19 heavy (non-hydrogen) atoms. The Balaban J connectivity index is 2.17. The summed E-state index contributed by atoms with van der Waals surface area (Å²) in [7, 11) is 0. The van der Waals surface area contributed by atoms with E-state index in [1.165, 1.54) is 11.1 Å². The summed E-state index contributed by atoms with van der Waals surface area (Å²) in [6.07, 6.45) is 2.24. The normalized spacial score (nSPS) is 10.4. The Kier molecular flexibility index (Phi) is 4.99. The second-order valence-corrected chi connectivity index (χ2v) is 4.63. The molecule has 2 heteroatoms. The number of nitrogens with two attached hydrogens (primary N) is 1. The molecule has 0 spiro atoms. The topological polar surface area (TPSA) is 35.2 Å². The molecule has 0 bridgehead atoms. The third kappa shape index (κ3) is 3.83. The molecule has 0 fully saturated rings. The van der Waals surface area contributed by atoms with E-state index in [1.54, 1.807) is 0 Å². The average molecular weight is 255 g/mol. The predicted octanol–water partition coefficient (Wildman–Crippen LogP) is 3.99. The molecule has 0 aliphatic carbocycles. The van der Waals surface area contributed by atoms with Crippen LogP contribution >= 0.6 is 0 Å². The maximum absolute atomic E-state index is 5.74. The van der Waals surface area contributed by atoms with Crippen LogP contribution < -0.4 is 10.5 Å². The largest absolute Gasteiger partial charge is 0.494 e. The van der Waals surface area contributed by atoms with Gasteiger partial charge < -0.3 is 10.5 Å². The minimum absolute atomic E-state index is 0.570. The molecule has 2 rings (SSSR count). The van der Waals surface area contributed by atoms with Crippen molar-refractivity contribution in [2.45, 2.75) is 26.3 Å². The first kappa shape index (κ1) is 13.6. The molecule has 2 nitrogen and oxygen atoms in total. The molecule has 0 heterocycles. The molecular formula is C17H21NO. The average Bonchev–Trinajstić information content (AvgIpc) is 2.48. The van der Waals surface area contributed by atoms with Crippen molar-refractivity contribution in [3.63, 3.8) is 0 Å². The van der Waals surface area contributed by atoms with E-state index in [2.05, 4.69) is 31.2 Å². The Bertz CT molecular complexity index is 522. The van der Waals surface area contributed by atoms with Crippen molar-refractivity contribution in [1.82, 2.24) is 0 Å². The molecule has 2 N–H and O–H groups in total. The number of ether oxygens (including phenoxy) is 1. The van der Waals surface area contributed by atoms with E-state index in [0.717, 1.165) is 30.8 Å². The fourth-order valence-electron chi connectivity index (χ4n) is 1.98. The highest BCUT2D eigenvalue weighted by Crippen LogP contribution is 2.24. The summed E-state index contributed by atoms with van der Waals surface area (Å²) in [6.45, 7) is 3.52. The Morgan fingerprint density at radius 3 is 2.47 bits per heavy atom. The summed E-state index contributed by atoms with van der Waals surface area (Å²) >= 11 is 0. The van der Waals surface area contributed by atoms with E-state index in [1.807, 2.05) is 24.3 Å². The lowest BCUT2D eigenvalue weighted by molar-refractivity contribution is 0.309. The van der Waals surface area contributed by atoms with Crippen LogP contribution in [0.5, 0.6) is 5.75 Å².